The first kappa shape index (κ1) is 24.1. The van der Waals surface area contributed by atoms with E-state index >= 15 is 0 Å². The van der Waals surface area contributed by atoms with Gasteiger partial charge in [-0.05, 0) is 49.8 Å². The third-order valence-electron chi connectivity index (χ3n) is 7.26. The maximum absolute atomic E-state index is 13.2. The number of carboxylic acid groups (broad SMARTS) is 1. The molecule has 1 aromatic heterocycles. The summed E-state index contributed by atoms with van der Waals surface area (Å²) >= 11 is 0. The van der Waals surface area contributed by atoms with Crippen LogP contribution in [0.4, 0.5) is 0 Å². The maximum atomic E-state index is 13.2. The summed E-state index contributed by atoms with van der Waals surface area (Å²) in [4.78, 5) is 25.0. The zero-order valence-corrected chi connectivity index (χ0v) is 20.1. The van der Waals surface area contributed by atoms with E-state index < -0.39 is 17.9 Å². The number of carbonyl (C=O) groups is 2. The third-order valence-corrected chi connectivity index (χ3v) is 7.26. The number of nitrogens with one attached hydrogen (secondary N) is 1. The van der Waals surface area contributed by atoms with E-state index in [1.807, 2.05) is 22.9 Å². The molecule has 8 nitrogen and oxygen atoms in total. The second kappa shape index (κ2) is 10.9. The lowest BCUT2D eigenvalue weighted by Gasteiger charge is -2.18. The van der Waals surface area contributed by atoms with Gasteiger partial charge in [-0.15, -0.1) is 0 Å². The summed E-state index contributed by atoms with van der Waals surface area (Å²) in [7, 11) is 3.20. The first-order valence-corrected chi connectivity index (χ1v) is 12.4. The molecule has 0 bridgehead atoms. The Labute approximate surface area is 200 Å². The number of carboxylic acids is 1. The van der Waals surface area contributed by atoms with Crippen molar-refractivity contribution in [1.82, 2.24) is 15.1 Å². The first-order chi connectivity index (χ1) is 16.5. The van der Waals surface area contributed by atoms with Gasteiger partial charge in [-0.2, -0.15) is 5.10 Å². The predicted octanol–water partition coefficient (Wildman–Crippen LogP) is 4.84. The molecule has 0 saturated heterocycles. The molecule has 2 aliphatic rings. The summed E-state index contributed by atoms with van der Waals surface area (Å²) in [5, 5.41) is 17.1. The third kappa shape index (κ3) is 5.21. The molecular weight excluding hydrogens is 434 g/mol. The SMILES string of the molecule is COc1cccc(OC)c1-c1cc(C(=O)N[C@@H](CCC2CCCC2)C(=O)O)nn1C1CCCC1. The summed E-state index contributed by atoms with van der Waals surface area (Å²) < 4.78 is 13.1. The number of nitrogens with zero attached hydrogens (tertiary/aromatic N) is 2. The highest BCUT2D eigenvalue weighted by Crippen LogP contribution is 2.41. The van der Waals surface area contributed by atoms with E-state index in [0.717, 1.165) is 56.2 Å². The Morgan fingerprint density at radius 1 is 1.09 bits per heavy atom. The summed E-state index contributed by atoms with van der Waals surface area (Å²) in [6.07, 6.45) is 10.1. The van der Waals surface area contributed by atoms with Gasteiger partial charge in [0, 0.05) is 0 Å². The number of hydrogen-bond acceptors (Lipinski definition) is 5. The second-order valence-electron chi connectivity index (χ2n) is 9.43. The van der Waals surface area contributed by atoms with Crippen LogP contribution in [0.15, 0.2) is 24.3 Å². The Morgan fingerprint density at radius 3 is 2.29 bits per heavy atom. The smallest absolute Gasteiger partial charge is 0.326 e. The van der Waals surface area contributed by atoms with Crippen molar-refractivity contribution in [3.05, 3.63) is 30.0 Å². The van der Waals surface area contributed by atoms with Crippen molar-refractivity contribution in [3.8, 4) is 22.8 Å². The molecule has 1 heterocycles. The van der Waals surface area contributed by atoms with Crippen molar-refractivity contribution in [2.45, 2.75) is 76.3 Å². The highest BCUT2D eigenvalue weighted by Gasteiger charge is 2.29. The van der Waals surface area contributed by atoms with E-state index in [1.54, 1.807) is 20.3 Å². The van der Waals surface area contributed by atoms with Crippen LogP contribution in [0.3, 0.4) is 0 Å². The lowest BCUT2D eigenvalue weighted by atomic mass is 9.98. The van der Waals surface area contributed by atoms with Gasteiger partial charge in [0.1, 0.15) is 17.5 Å². The normalized spacial score (nSPS) is 17.6. The van der Waals surface area contributed by atoms with Crippen molar-refractivity contribution in [2.75, 3.05) is 14.2 Å². The van der Waals surface area contributed by atoms with Crippen LogP contribution in [-0.4, -0.2) is 47.0 Å². The summed E-state index contributed by atoms with van der Waals surface area (Å²) in [5.74, 6) is 0.347. The van der Waals surface area contributed by atoms with Gasteiger partial charge in [0.25, 0.3) is 5.91 Å². The Balaban J connectivity index is 1.62. The Morgan fingerprint density at radius 2 is 1.71 bits per heavy atom. The van der Waals surface area contributed by atoms with E-state index in [0.29, 0.717) is 23.8 Å². The molecule has 0 radical (unpaired) electrons. The lowest BCUT2D eigenvalue weighted by molar-refractivity contribution is -0.139. The lowest BCUT2D eigenvalue weighted by Crippen LogP contribution is -2.41. The van der Waals surface area contributed by atoms with E-state index in [1.165, 1.54) is 12.8 Å². The molecule has 2 aromatic rings. The fourth-order valence-corrected chi connectivity index (χ4v) is 5.41. The van der Waals surface area contributed by atoms with Crippen molar-refractivity contribution in [1.29, 1.82) is 0 Å². The van der Waals surface area contributed by atoms with Gasteiger partial charge in [-0.3, -0.25) is 9.48 Å². The highest BCUT2D eigenvalue weighted by molar-refractivity contribution is 5.96. The van der Waals surface area contributed by atoms with E-state index in [-0.39, 0.29) is 11.7 Å². The van der Waals surface area contributed by atoms with Crippen LogP contribution in [0.2, 0.25) is 0 Å². The molecule has 2 N–H and O–H groups in total. The maximum Gasteiger partial charge on any atom is 0.326 e. The van der Waals surface area contributed by atoms with Crippen molar-refractivity contribution < 1.29 is 24.2 Å². The predicted molar refractivity (Wildman–Crippen MR) is 128 cm³/mol. The van der Waals surface area contributed by atoms with Crippen LogP contribution in [0, 0.1) is 5.92 Å². The fourth-order valence-electron chi connectivity index (χ4n) is 5.41. The summed E-state index contributed by atoms with van der Waals surface area (Å²) in [6, 6.07) is 6.54. The van der Waals surface area contributed by atoms with Crippen LogP contribution in [0.5, 0.6) is 11.5 Å². The second-order valence-corrected chi connectivity index (χ2v) is 9.43. The molecule has 0 spiro atoms. The van der Waals surface area contributed by atoms with Crippen LogP contribution in [-0.2, 0) is 4.79 Å². The summed E-state index contributed by atoms with van der Waals surface area (Å²) in [5.41, 5.74) is 1.69. The van der Waals surface area contributed by atoms with E-state index in [4.69, 9.17) is 9.47 Å². The van der Waals surface area contributed by atoms with Gasteiger partial charge < -0.3 is 19.9 Å². The zero-order valence-electron chi connectivity index (χ0n) is 20.1. The molecule has 0 unspecified atom stereocenters. The number of hydrogen-bond donors (Lipinski definition) is 2. The Hall–Kier alpha value is -3.03. The quantitative estimate of drug-likeness (QED) is 0.516. The first-order valence-electron chi connectivity index (χ1n) is 12.4. The highest BCUT2D eigenvalue weighted by atomic mass is 16.5. The number of ether oxygens (including phenoxy) is 2. The molecule has 1 amide bonds. The van der Waals surface area contributed by atoms with Crippen molar-refractivity contribution >= 4 is 11.9 Å². The number of carbonyl (C=O) groups excluding carboxylic acids is 1. The molecule has 34 heavy (non-hydrogen) atoms. The number of rotatable bonds is 10. The Bertz CT molecular complexity index is 984. The van der Waals surface area contributed by atoms with Gasteiger partial charge in [0.05, 0.1) is 31.5 Å². The molecule has 0 aliphatic heterocycles. The number of aromatic nitrogens is 2. The molecule has 1 atom stereocenters. The monoisotopic (exact) mass is 469 g/mol. The fraction of sp³-hybridized carbons (Fsp3) is 0.577. The minimum absolute atomic E-state index is 0.170. The van der Waals surface area contributed by atoms with Gasteiger partial charge in [-0.1, -0.05) is 44.6 Å². The van der Waals surface area contributed by atoms with Crippen LogP contribution in [0.25, 0.3) is 11.3 Å². The molecule has 184 valence electrons. The van der Waals surface area contributed by atoms with Gasteiger partial charge in [-0.25, -0.2) is 4.79 Å². The molecular formula is C26H35N3O5. The largest absolute Gasteiger partial charge is 0.496 e. The molecule has 1 aromatic carbocycles. The average molecular weight is 470 g/mol. The molecule has 8 heteroatoms. The van der Waals surface area contributed by atoms with E-state index in [2.05, 4.69) is 10.4 Å². The number of aliphatic carboxylic acids is 1. The van der Waals surface area contributed by atoms with Gasteiger partial charge in [0.15, 0.2) is 5.69 Å². The molecule has 4 rings (SSSR count). The minimum Gasteiger partial charge on any atom is -0.496 e. The topological polar surface area (TPSA) is 103 Å². The van der Waals surface area contributed by atoms with Crippen LogP contribution >= 0.6 is 0 Å². The Kier molecular flexibility index (Phi) is 7.75. The van der Waals surface area contributed by atoms with E-state index in [9.17, 15) is 14.7 Å². The van der Waals surface area contributed by atoms with Crippen molar-refractivity contribution in [3.63, 3.8) is 0 Å². The van der Waals surface area contributed by atoms with Crippen LogP contribution in [0.1, 0.15) is 80.7 Å². The van der Waals surface area contributed by atoms with Gasteiger partial charge in [0.2, 0.25) is 0 Å². The molecule has 2 aliphatic carbocycles. The number of benzene rings is 1. The average Bonchev–Trinajstić information content (AvgIpc) is 3.61. The van der Waals surface area contributed by atoms with Gasteiger partial charge >= 0.3 is 5.97 Å². The number of amides is 1. The number of methoxy groups -OCH3 is 2. The molecule has 2 fully saturated rings. The minimum atomic E-state index is -1.01. The van der Waals surface area contributed by atoms with Crippen LogP contribution < -0.4 is 14.8 Å². The summed E-state index contributed by atoms with van der Waals surface area (Å²) in [6.45, 7) is 0. The zero-order chi connectivity index (χ0) is 24.1. The molecule has 2 saturated carbocycles. The van der Waals surface area contributed by atoms with Crippen molar-refractivity contribution in [2.24, 2.45) is 5.92 Å². The standard InChI is InChI=1S/C26H35N3O5/c1-33-22-12-7-13-23(34-2)24(22)21-16-20(28-29(21)18-10-5-6-11-18)25(30)27-19(26(31)32)15-14-17-8-3-4-9-17/h7,12-13,16-19H,3-6,8-11,14-15H2,1-2H3,(H,27,30)(H,31,32)/t19-/m0/s1.